The molecule has 2 unspecified atom stereocenters. The van der Waals surface area contributed by atoms with Crippen molar-refractivity contribution in [2.24, 2.45) is 14.1 Å². The molecule has 9 nitrogen and oxygen atoms in total. The van der Waals surface area contributed by atoms with Crippen molar-refractivity contribution in [2.45, 2.75) is 45.3 Å². The van der Waals surface area contributed by atoms with Gasteiger partial charge in [0.2, 0.25) is 5.88 Å². The molecule has 2 atom stereocenters. The Bertz CT molecular complexity index is 1320. The predicted octanol–water partition coefficient (Wildman–Crippen LogP) is 3.45. The molecule has 0 saturated carbocycles. The van der Waals surface area contributed by atoms with Crippen LogP contribution in [-0.4, -0.2) is 60.0 Å². The molecule has 2 N–H and O–H groups in total. The lowest BCUT2D eigenvalue weighted by Crippen LogP contribution is -2.28. The molecule has 4 heterocycles. The normalized spacial score (nSPS) is 20.2. The third kappa shape index (κ3) is 3.88. The Balaban J connectivity index is 1.61. The summed E-state index contributed by atoms with van der Waals surface area (Å²) in [6.07, 6.45) is 3.67. The van der Waals surface area contributed by atoms with Crippen LogP contribution < -0.4 is 4.74 Å². The van der Waals surface area contributed by atoms with Crippen molar-refractivity contribution >= 4 is 10.9 Å². The van der Waals surface area contributed by atoms with Crippen LogP contribution in [0.5, 0.6) is 5.88 Å². The molecule has 0 spiro atoms. The highest BCUT2D eigenvalue weighted by atomic mass is 16.5. The van der Waals surface area contributed by atoms with Crippen LogP contribution in [0.3, 0.4) is 0 Å². The minimum absolute atomic E-state index is 0.145. The molecule has 2 bridgehead atoms. The molecule has 1 aliphatic rings. The summed E-state index contributed by atoms with van der Waals surface area (Å²) in [4.78, 5) is 1.98. The van der Waals surface area contributed by atoms with E-state index >= 15 is 0 Å². The fourth-order valence-electron chi connectivity index (χ4n) is 5.16. The Morgan fingerprint density at radius 2 is 1.97 bits per heavy atom. The number of aromatic nitrogens is 6. The maximum absolute atomic E-state index is 11.3. The molecule has 1 aliphatic heterocycles. The second kappa shape index (κ2) is 8.88. The van der Waals surface area contributed by atoms with Gasteiger partial charge < -0.3 is 9.84 Å². The zero-order chi connectivity index (χ0) is 24.0. The van der Waals surface area contributed by atoms with E-state index in [1.165, 1.54) is 0 Å². The summed E-state index contributed by atoms with van der Waals surface area (Å²) in [5, 5.41) is 29.3. The highest BCUT2D eigenvalue weighted by molar-refractivity contribution is 5.87. The molecule has 180 valence electrons. The molecule has 0 aliphatic carbocycles. The molecule has 5 rings (SSSR count). The number of rotatable bonds is 0. The van der Waals surface area contributed by atoms with Gasteiger partial charge in [0.15, 0.2) is 0 Å². The highest BCUT2D eigenvalue weighted by Gasteiger charge is 2.27. The van der Waals surface area contributed by atoms with Crippen LogP contribution in [0.15, 0.2) is 24.4 Å². The first-order chi connectivity index (χ1) is 16.3. The molecule has 34 heavy (non-hydrogen) atoms. The van der Waals surface area contributed by atoms with Crippen molar-refractivity contribution in [3.63, 3.8) is 0 Å². The van der Waals surface area contributed by atoms with E-state index in [1.807, 2.05) is 49.9 Å². The number of aryl methyl sites for hydroxylation is 3. The summed E-state index contributed by atoms with van der Waals surface area (Å²) in [6.45, 7) is 5.55. The topological polar surface area (TPSA) is 97.0 Å². The lowest BCUT2D eigenvalue weighted by atomic mass is 9.92. The number of aliphatic hydroxyl groups excluding tert-OH is 1. The van der Waals surface area contributed by atoms with Crippen LogP contribution in [0.2, 0.25) is 0 Å². The minimum atomic E-state index is -0.728. The molecule has 0 amide bonds. The minimum Gasteiger partial charge on any atom is -0.477 e. The Morgan fingerprint density at radius 1 is 1.15 bits per heavy atom. The predicted molar refractivity (Wildman–Crippen MR) is 131 cm³/mol. The average Bonchev–Trinajstić information content (AvgIpc) is 3.47. The maximum Gasteiger partial charge on any atom is 0.219 e. The van der Waals surface area contributed by atoms with E-state index in [4.69, 9.17) is 4.74 Å². The highest BCUT2D eigenvalue weighted by Crippen LogP contribution is 2.35. The second-order valence-electron chi connectivity index (χ2n) is 9.44. The van der Waals surface area contributed by atoms with E-state index in [1.54, 1.807) is 4.68 Å². The average molecular weight is 464 g/mol. The molecular weight excluding hydrogens is 430 g/mol. The number of aliphatic hydroxyl groups is 1. The summed E-state index contributed by atoms with van der Waals surface area (Å²) >= 11 is 0. The molecule has 4 aromatic rings. The molecule has 3 aromatic heterocycles. The van der Waals surface area contributed by atoms with Crippen molar-refractivity contribution in [1.29, 1.82) is 0 Å². The van der Waals surface area contributed by atoms with Gasteiger partial charge in [0.25, 0.3) is 0 Å². The number of benzene rings is 1. The van der Waals surface area contributed by atoms with Gasteiger partial charge in [-0.05, 0) is 56.8 Å². The van der Waals surface area contributed by atoms with Crippen molar-refractivity contribution in [2.75, 3.05) is 20.2 Å². The van der Waals surface area contributed by atoms with Crippen molar-refractivity contribution in [3.8, 4) is 17.0 Å². The number of nitrogens with zero attached hydrogens (tertiary/aromatic N) is 6. The smallest absolute Gasteiger partial charge is 0.219 e. The van der Waals surface area contributed by atoms with E-state index < -0.39 is 6.23 Å². The fraction of sp³-hybridized carbons (Fsp3) is 0.480. The fourth-order valence-corrected chi connectivity index (χ4v) is 5.16. The number of ether oxygens (including phenoxy) is 1. The quantitative estimate of drug-likeness (QED) is 0.415. The van der Waals surface area contributed by atoms with Crippen LogP contribution in [0.25, 0.3) is 22.0 Å². The summed E-state index contributed by atoms with van der Waals surface area (Å²) in [7, 11) is 5.77. The van der Waals surface area contributed by atoms with E-state index in [9.17, 15) is 5.11 Å². The van der Waals surface area contributed by atoms with E-state index in [0.29, 0.717) is 6.61 Å². The first-order valence-corrected chi connectivity index (χ1v) is 11.9. The summed E-state index contributed by atoms with van der Waals surface area (Å²) < 4.78 is 9.78. The lowest BCUT2D eigenvalue weighted by Gasteiger charge is -2.26. The van der Waals surface area contributed by atoms with Gasteiger partial charge in [0.05, 0.1) is 35.3 Å². The van der Waals surface area contributed by atoms with Gasteiger partial charge in [-0.25, -0.2) is 4.68 Å². The maximum atomic E-state index is 11.3. The zero-order valence-corrected chi connectivity index (χ0v) is 20.5. The first-order valence-electron chi connectivity index (χ1n) is 11.9. The monoisotopic (exact) mass is 463 g/mol. The molecular formula is C25H33N7O2. The van der Waals surface area contributed by atoms with Gasteiger partial charge in [-0.2, -0.15) is 15.3 Å². The number of aromatic amines is 1. The summed E-state index contributed by atoms with van der Waals surface area (Å²) in [5.41, 5.74) is 6.94. The largest absolute Gasteiger partial charge is 0.477 e. The number of hydrogen-bond donors (Lipinski definition) is 2. The Labute approximate surface area is 199 Å². The molecule has 0 radical (unpaired) electrons. The number of nitrogens with one attached hydrogen (secondary N) is 1. The Hall–Kier alpha value is -3.17. The zero-order valence-electron chi connectivity index (χ0n) is 20.5. The second-order valence-corrected chi connectivity index (χ2v) is 9.44. The van der Waals surface area contributed by atoms with E-state index in [-0.39, 0.29) is 5.92 Å². The summed E-state index contributed by atoms with van der Waals surface area (Å²) in [6, 6.07) is 6.28. The third-order valence-electron chi connectivity index (χ3n) is 6.95. The number of hydrogen-bond acceptors (Lipinski definition) is 6. The van der Waals surface area contributed by atoms with Gasteiger partial charge in [0.1, 0.15) is 6.23 Å². The van der Waals surface area contributed by atoms with E-state index in [2.05, 4.69) is 39.5 Å². The summed E-state index contributed by atoms with van der Waals surface area (Å²) in [5.74, 6) is 0.914. The Kier molecular flexibility index (Phi) is 5.91. The Morgan fingerprint density at radius 3 is 2.79 bits per heavy atom. The number of fused-ring (bicyclic) bond motifs is 4. The van der Waals surface area contributed by atoms with Crippen LogP contribution in [0, 0.1) is 6.92 Å². The molecule has 0 fully saturated rings. The first kappa shape index (κ1) is 22.6. The number of H-pyrrole nitrogens is 1. The van der Waals surface area contributed by atoms with Crippen LogP contribution in [0.4, 0.5) is 0 Å². The van der Waals surface area contributed by atoms with E-state index in [0.717, 1.165) is 76.4 Å². The standard InChI is InChI=1S/C25H33N7O2/c1-15-12-21-18-13-17(8-9-20(18)27-28-21)19-14-26-32(5)25(19)34-11-7-6-10-30(3)24(33)23-22(15)16(2)29-31(23)4/h8-9,13-15,24,33H,6-7,10-12H2,1-5H3,(H,27,28). The molecule has 9 heteroatoms. The van der Waals surface area contributed by atoms with Gasteiger partial charge in [-0.1, -0.05) is 13.0 Å². The lowest BCUT2D eigenvalue weighted by molar-refractivity contribution is 0.0119. The van der Waals surface area contributed by atoms with Crippen LogP contribution in [0.1, 0.15) is 54.6 Å². The molecule has 0 saturated heterocycles. The van der Waals surface area contributed by atoms with Crippen molar-refractivity contribution in [3.05, 3.63) is 47.0 Å². The van der Waals surface area contributed by atoms with Gasteiger partial charge in [-0.3, -0.25) is 14.7 Å². The van der Waals surface area contributed by atoms with Crippen molar-refractivity contribution in [1.82, 2.24) is 34.7 Å². The SMILES string of the molecule is Cc1nn(C)c2c1C(C)Cc1[nH]nc3ccc(cc13)-c1cnn(C)c1OCCCCN(C)C2O. The molecule has 1 aromatic carbocycles. The van der Waals surface area contributed by atoms with Gasteiger partial charge in [0, 0.05) is 37.3 Å². The van der Waals surface area contributed by atoms with Crippen molar-refractivity contribution < 1.29 is 9.84 Å². The van der Waals surface area contributed by atoms with Crippen LogP contribution in [-0.2, 0) is 20.5 Å². The van der Waals surface area contributed by atoms with Gasteiger partial charge in [-0.15, -0.1) is 0 Å². The third-order valence-corrected chi connectivity index (χ3v) is 6.95. The van der Waals surface area contributed by atoms with Crippen LogP contribution >= 0.6 is 0 Å². The van der Waals surface area contributed by atoms with Gasteiger partial charge >= 0.3 is 0 Å².